The average molecular weight is 701 g/mol. The summed E-state index contributed by atoms with van der Waals surface area (Å²) in [5.74, 6) is 0. The molecule has 7 heterocycles. The number of hydrogen-bond acceptors (Lipinski definition) is 8. The molecule has 7 fully saturated rings. The highest BCUT2D eigenvalue weighted by Crippen LogP contribution is 2.48. The van der Waals surface area contributed by atoms with Gasteiger partial charge in [0.05, 0.1) is 24.4 Å². The first-order valence-corrected chi connectivity index (χ1v) is 20.8. The Kier molecular flexibility index (Phi) is 10.8. The normalized spacial score (nSPS) is 39.0. The van der Waals surface area contributed by atoms with Crippen molar-refractivity contribution in [2.45, 2.75) is 205 Å². The Balaban J connectivity index is 1.32. The van der Waals surface area contributed by atoms with Gasteiger partial charge in [-0.2, -0.15) is 0 Å². The molecular weight excluding hydrogens is 621 g/mol. The lowest BCUT2D eigenvalue weighted by Crippen LogP contribution is -2.68. The van der Waals surface area contributed by atoms with E-state index in [1.165, 1.54) is 64.7 Å². The minimum atomic E-state index is -0.108. The molecule has 0 radical (unpaired) electrons. The molecular formula is C42H80N6O2. The maximum atomic E-state index is 6.42. The van der Waals surface area contributed by atoms with Crippen molar-refractivity contribution < 1.29 is 9.47 Å². The summed E-state index contributed by atoms with van der Waals surface area (Å²) in [6.07, 6.45) is 7.75. The molecule has 0 aromatic carbocycles. The lowest BCUT2D eigenvalue weighted by atomic mass is 9.75. The Hall–Kier alpha value is -0.320. The van der Waals surface area contributed by atoms with Crippen molar-refractivity contribution >= 4 is 0 Å². The van der Waals surface area contributed by atoms with Crippen molar-refractivity contribution in [1.82, 2.24) is 29.4 Å². The second kappa shape index (κ2) is 13.8. The Morgan fingerprint density at radius 3 is 1.12 bits per heavy atom. The standard InChI is InChI=1S/C42H80N6O2/c1-37(2,3)45-27-33-21-31(45)29-47(33)41(13)15-16-42(14,48-30-32-22-34(48)28-46(32)38(4,5)6)24-36-26-43(17-19-49-39(7,8)9)35(23-41)25-44(36)18-20-50-40(10,11)12/h31-36H,15-30H2,1-14H3/t31-,32+,33-,34+,35?,36?,41-,42+. The van der Waals surface area contributed by atoms with E-state index in [1.54, 1.807) is 0 Å². The van der Waals surface area contributed by atoms with Crippen LogP contribution >= 0.6 is 0 Å². The second-order valence-corrected chi connectivity index (χ2v) is 22.2. The van der Waals surface area contributed by atoms with Crippen molar-refractivity contribution in [1.29, 1.82) is 0 Å². The van der Waals surface area contributed by atoms with Crippen molar-refractivity contribution in [3.63, 3.8) is 0 Å². The Bertz CT molecular complexity index is 1080. The van der Waals surface area contributed by atoms with Crippen LogP contribution in [0.2, 0.25) is 0 Å². The minimum Gasteiger partial charge on any atom is -0.375 e. The first kappa shape index (κ1) is 39.4. The summed E-state index contributed by atoms with van der Waals surface area (Å²) in [7, 11) is 0. The number of fused-ring (bicyclic) bond motifs is 11. The molecule has 0 N–H and O–H groups in total. The van der Waals surface area contributed by atoms with Gasteiger partial charge < -0.3 is 9.47 Å². The summed E-state index contributed by atoms with van der Waals surface area (Å²) in [6, 6.07) is 3.78. The maximum Gasteiger partial charge on any atom is 0.0600 e. The summed E-state index contributed by atoms with van der Waals surface area (Å²) < 4.78 is 12.8. The highest BCUT2D eigenvalue weighted by molar-refractivity contribution is 5.13. The molecule has 0 spiro atoms. The van der Waals surface area contributed by atoms with Gasteiger partial charge in [-0.3, -0.25) is 29.4 Å². The fraction of sp³-hybridized carbons (Fsp3) is 1.00. The third-order valence-corrected chi connectivity index (χ3v) is 13.9. The molecule has 7 rings (SSSR count). The van der Waals surface area contributed by atoms with E-state index in [0.29, 0.717) is 36.3 Å². The quantitative estimate of drug-likeness (QED) is 0.298. The number of rotatable bonds is 8. The Morgan fingerprint density at radius 1 is 0.480 bits per heavy atom. The molecule has 7 saturated heterocycles. The molecule has 0 saturated carbocycles. The van der Waals surface area contributed by atoms with E-state index in [0.717, 1.165) is 39.4 Å². The van der Waals surface area contributed by atoms with Crippen LogP contribution in [0.4, 0.5) is 0 Å². The number of piperazine rings is 3. The van der Waals surface area contributed by atoms with Crippen molar-refractivity contribution in [3.05, 3.63) is 0 Å². The predicted molar refractivity (Wildman–Crippen MR) is 208 cm³/mol. The SMILES string of the molecule is CC(C)(C)OCCN1CC2C[C@](C)(N3C[C@H]4C[C@@H]3CN4C(C)(C)C)CC[C@](C)(N3C[C@@H]4C[C@H]3CN4C(C)(C)C)CC1CN2CCOC(C)(C)C. The van der Waals surface area contributed by atoms with Crippen molar-refractivity contribution in [2.24, 2.45) is 0 Å². The van der Waals surface area contributed by atoms with Gasteiger partial charge in [-0.1, -0.05) is 0 Å². The number of hydrogen-bond donors (Lipinski definition) is 0. The largest absolute Gasteiger partial charge is 0.375 e. The summed E-state index contributed by atoms with van der Waals surface area (Å²) >= 11 is 0. The first-order chi connectivity index (χ1) is 22.9. The molecule has 8 nitrogen and oxygen atoms in total. The van der Waals surface area contributed by atoms with Crippen LogP contribution in [0.25, 0.3) is 0 Å². The maximum absolute atomic E-state index is 6.42. The smallest absolute Gasteiger partial charge is 0.0600 e. The van der Waals surface area contributed by atoms with Gasteiger partial charge in [0, 0.05) is 111 Å². The van der Waals surface area contributed by atoms with Crippen LogP contribution in [0.3, 0.4) is 0 Å². The van der Waals surface area contributed by atoms with Crippen LogP contribution in [0.1, 0.15) is 135 Å². The zero-order chi connectivity index (χ0) is 36.7. The van der Waals surface area contributed by atoms with Crippen LogP contribution in [-0.2, 0) is 9.47 Å². The fourth-order valence-corrected chi connectivity index (χ4v) is 11.5. The highest BCUT2D eigenvalue weighted by atomic mass is 16.5. The Morgan fingerprint density at radius 2 is 0.840 bits per heavy atom. The van der Waals surface area contributed by atoms with Gasteiger partial charge in [0.15, 0.2) is 0 Å². The molecule has 0 aromatic heterocycles. The number of ether oxygens (including phenoxy) is 2. The molecule has 6 bridgehead atoms. The van der Waals surface area contributed by atoms with Gasteiger partial charge in [-0.05, 0) is 135 Å². The minimum absolute atomic E-state index is 0.108. The summed E-state index contributed by atoms with van der Waals surface area (Å²) in [6.45, 7) is 44.0. The third kappa shape index (κ3) is 8.48. The molecule has 8 atom stereocenters. The van der Waals surface area contributed by atoms with Gasteiger partial charge in [0.2, 0.25) is 0 Å². The van der Waals surface area contributed by atoms with Gasteiger partial charge in [0.1, 0.15) is 0 Å². The van der Waals surface area contributed by atoms with Gasteiger partial charge >= 0.3 is 0 Å². The number of nitrogens with zero attached hydrogens (tertiary/aromatic N) is 6. The average Bonchev–Trinajstić information content (AvgIpc) is 3.77. The van der Waals surface area contributed by atoms with E-state index in [4.69, 9.17) is 9.47 Å². The first-order valence-electron chi connectivity index (χ1n) is 20.8. The summed E-state index contributed by atoms with van der Waals surface area (Å²) in [5, 5.41) is 0. The molecule has 7 aliphatic heterocycles. The van der Waals surface area contributed by atoms with Crippen LogP contribution in [0.5, 0.6) is 0 Å². The predicted octanol–water partition coefficient (Wildman–Crippen LogP) is 6.18. The van der Waals surface area contributed by atoms with Crippen molar-refractivity contribution in [3.8, 4) is 0 Å². The molecule has 0 amide bonds. The van der Waals surface area contributed by atoms with Gasteiger partial charge in [0.25, 0.3) is 0 Å². The fourth-order valence-electron chi connectivity index (χ4n) is 11.5. The molecule has 8 heteroatoms. The zero-order valence-electron chi connectivity index (χ0n) is 35.3. The molecule has 50 heavy (non-hydrogen) atoms. The van der Waals surface area contributed by atoms with E-state index in [-0.39, 0.29) is 33.4 Å². The monoisotopic (exact) mass is 701 g/mol. The summed E-state index contributed by atoms with van der Waals surface area (Å²) in [5.41, 5.74) is 0.621. The molecule has 0 aromatic rings. The molecule has 2 unspecified atom stereocenters. The van der Waals surface area contributed by atoms with Crippen LogP contribution in [-0.4, -0.2) is 165 Å². The van der Waals surface area contributed by atoms with E-state index in [1.807, 2.05) is 0 Å². The second-order valence-electron chi connectivity index (χ2n) is 22.2. The lowest BCUT2D eigenvalue weighted by molar-refractivity contribution is -0.0919. The van der Waals surface area contributed by atoms with Crippen LogP contribution in [0, 0.1) is 0 Å². The molecule has 290 valence electrons. The van der Waals surface area contributed by atoms with E-state index >= 15 is 0 Å². The van der Waals surface area contributed by atoms with Crippen molar-refractivity contribution in [2.75, 3.05) is 65.6 Å². The zero-order valence-corrected chi connectivity index (χ0v) is 35.3. The van der Waals surface area contributed by atoms with Gasteiger partial charge in [-0.25, -0.2) is 0 Å². The number of likely N-dealkylation sites (tertiary alicyclic amines) is 4. The van der Waals surface area contributed by atoms with E-state index in [2.05, 4.69) is 126 Å². The van der Waals surface area contributed by atoms with E-state index < -0.39 is 0 Å². The Labute approximate surface area is 308 Å². The highest BCUT2D eigenvalue weighted by Gasteiger charge is 2.57. The molecule has 7 aliphatic rings. The van der Waals surface area contributed by atoms with Crippen LogP contribution < -0.4 is 0 Å². The lowest BCUT2D eigenvalue weighted by Gasteiger charge is -2.58. The molecule has 0 aliphatic carbocycles. The van der Waals surface area contributed by atoms with Gasteiger partial charge in [-0.15, -0.1) is 0 Å². The van der Waals surface area contributed by atoms with E-state index in [9.17, 15) is 0 Å². The third-order valence-electron chi connectivity index (χ3n) is 13.9. The van der Waals surface area contributed by atoms with Crippen LogP contribution in [0.15, 0.2) is 0 Å². The topological polar surface area (TPSA) is 37.9 Å². The summed E-state index contributed by atoms with van der Waals surface area (Å²) in [4.78, 5) is 17.5.